The molecule has 0 unspecified atom stereocenters. The van der Waals surface area contributed by atoms with Gasteiger partial charge in [-0.2, -0.15) is 5.26 Å². The third-order valence-corrected chi connectivity index (χ3v) is 5.77. The molecule has 9 heteroatoms. The first-order valence-corrected chi connectivity index (χ1v) is 11.6. The summed E-state index contributed by atoms with van der Waals surface area (Å²) in [5.74, 6) is 0.646. The zero-order valence-electron chi connectivity index (χ0n) is 20.5. The van der Waals surface area contributed by atoms with Crippen LogP contribution in [0.15, 0.2) is 60.9 Å². The smallest absolute Gasteiger partial charge is 0.356 e. The van der Waals surface area contributed by atoms with Crippen molar-refractivity contribution in [1.82, 2.24) is 24.7 Å². The van der Waals surface area contributed by atoms with Crippen LogP contribution in [-0.4, -0.2) is 44.4 Å². The lowest BCUT2D eigenvalue weighted by molar-refractivity contribution is 0.0593. The number of nitriles is 1. The van der Waals surface area contributed by atoms with Crippen LogP contribution in [0.2, 0.25) is 0 Å². The lowest BCUT2D eigenvalue weighted by Crippen LogP contribution is -2.30. The van der Waals surface area contributed by atoms with Gasteiger partial charge in [0.25, 0.3) is 0 Å². The Morgan fingerprint density at radius 3 is 2.47 bits per heavy atom. The highest BCUT2D eigenvalue weighted by molar-refractivity contribution is 5.87. The number of hydrogen-bond acceptors (Lipinski definition) is 8. The molecule has 0 bridgehead atoms. The third kappa shape index (κ3) is 6.10. The minimum absolute atomic E-state index is 0.208. The summed E-state index contributed by atoms with van der Waals surface area (Å²) in [6, 6.07) is 19.6. The molecule has 2 aromatic carbocycles. The number of carbonyl (C=O) groups is 1. The SMILES string of the molecule is COC(=O)c1cc(C)nc(N(CCc2ccc(C)cc2)Cc2nncn2Cc2ccc(C#N)cc2)n1. The van der Waals surface area contributed by atoms with Gasteiger partial charge >= 0.3 is 5.97 Å². The molecule has 0 radical (unpaired) electrons. The maximum absolute atomic E-state index is 12.2. The fourth-order valence-corrected chi connectivity index (χ4v) is 3.76. The van der Waals surface area contributed by atoms with Crippen LogP contribution in [0, 0.1) is 25.2 Å². The van der Waals surface area contributed by atoms with Crippen LogP contribution >= 0.6 is 0 Å². The van der Waals surface area contributed by atoms with Crippen molar-refractivity contribution < 1.29 is 9.53 Å². The molecule has 0 aliphatic heterocycles. The van der Waals surface area contributed by atoms with Crippen molar-refractivity contribution in [2.45, 2.75) is 33.4 Å². The predicted octanol–water partition coefficient (Wildman–Crippen LogP) is 3.64. The van der Waals surface area contributed by atoms with Crippen LogP contribution in [-0.2, 0) is 24.2 Å². The first-order chi connectivity index (χ1) is 17.4. The first kappa shape index (κ1) is 24.5. The highest BCUT2D eigenvalue weighted by Gasteiger charge is 2.18. The van der Waals surface area contributed by atoms with E-state index in [1.807, 2.05) is 28.5 Å². The van der Waals surface area contributed by atoms with Gasteiger partial charge in [-0.05, 0) is 49.6 Å². The number of ether oxygens (including phenoxy) is 1. The van der Waals surface area contributed by atoms with Crippen molar-refractivity contribution in [2.24, 2.45) is 0 Å². The summed E-state index contributed by atoms with van der Waals surface area (Å²) in [5.41, 5.74) is 4.91. The molecule has 0 spiro atoms. The zero-order valence-corrected chi connectivity index (χ0v) is 20.5. The summed E-state index contributed by atoms with van der Waals surface area (Å²) in [6.07, 6.45) is 2.44. The van der Waals surface area contributed by atoms with Crippen LogP contribution in [0.1, 0.15) is 44.3 Å². The zero-order chi connectivity index (χ0) is 25.5. The molecule has 2 heterocycles. The first-order valence-electron chi connectivity index (χ1n) is 11.6. The average molecular weight is 482 g/mol. The van der Waals surface area contributed by atoms with Crippen molar-refractivity contribution in [3.05, 3.63) is 100 Å². The van der Waals surface area contributed by atoms with Crippen molar-refractivity contribution in [2.75, 3.05) is 18.6 Å². The molecule has 182 valence electrons. The molecule has 0 amide bonds. The second kappa shape index (κ2) is 11.2. The molecule has 0 N–H and O–H groups in total. The molecular weight excluding hydrogens is 454 g/mol. The monoisotopic (exact) mass is 481 g/mol. The van der Waals surface area contributed by atoms with Crippen LogP contribution < -0.4 is 4.90 Å². The number of esters is 1. The molecule has 36 heavy (non-hydrogen) atoms. The van der Waals surface area contributed by atoms with Gasteiger partial charge in [-0.1, -0.05) is 42.0 Å². The lowest BCUT2D eigenvalue weighted by Gasteiger charge is -2.23. The van der Waals surface area contributed by atoms with Gasteiger partial charge in [0.2, 0.25) is 5.95 Å². The second-order valence-corrected chi connectivity index (χ2v) is 8.53. The van der Waals surface area contributed by atoms with Gasteiger partial charge in [0.05, 0.1) is 31.8 Å². The summed E-state index contributed by atoms with van der Waals surface area (Å²) in [7, 11) is 1.33. The van der Waals surface area contributed by atoms with E-state index in [2.05, 4.69) is 57.4 Å². The summed E-state index contributed by atoms with van der Waals surface area (Å²) in [4.78, 5) is 23.3. The number of methoxy groups -OCH3 is 1. The number of hydrogen-bond donors (Lipinski definition) is 0. The molecule has 4 rings (SSSR count). The van der Waals surface area contributed by atoms with Crippen molar-refractivity contribution in [3.63, 3.8) is 0 Å². The van der Waals surface area contributed by atoms with Crippen LogP contribution in [0.3, 0.4) is 0 Å². The molecule has 0 saturated carbocycles. The number of aryl methyl sites for hydroxylation is 2. The highest BCUT2D eigenvalue weighted by Crippen LogP contribution is 2.17. The van der Waals surface area contributed by atoms with Gasteiger partial charge in [0.1, 0.15) is 6.33 Å². The van der Waals surface area contributed by atoms with E-state index in [4.69, 9.17) is 10.00 Å². The number of anilines is 1. The number of benzene rings is 2. The number of nitrogens with zero attached hydrogens (tertiary/aromatic N) is 7. The van der Waals surface area contributed by atoms with Gasteiger partial charge in [-0.15, -0.1) is 10.2 Å². The Bertz CT molecular complexity index is 1370. The van der Waals surface area contributed by atoms with Crippen LogP contribution in [0.25, 0.3) is 0 Å². The molecular formula is C27H27N7O2. The Balaban J connectivity index is 1.61. The quantitative estimate of drug-likeness (QED) is 0.333. The summed E-state index contributed by atoms with van der Waals surface area (Å²) >= 11 is 0. The van der Waals surface area contributed by atoms with E-state index in [0.717, 1.165) is 17.8 Å². The van der Waals surface area contributed by atoms with E-state index in [9.17, 15) is 4.79 Å². The summed E-state index contributed by atoms with van der Waals surface area (Å²) < 4.78 is 6.84. The standard InChI is InChI=1S/C27H27N7O2/c1-19-4-6-21(7-5-19)12-13-33(27-30-20(2)14-24(31-27)26(35)36-3)17-25-32-29-18-34(25)16-23-10-8-22(15-28)9-11-23/h4-11,14,18H,12-13,16-17H2,1-3H3. The normalized spacial score (nSPS) is 10.6. The summed E-state index contributed by atoms with van der Waals surface area (Å²) in [5, 5.41) is 17.5. The van der Waals surface area contributed by atoms with E-state index >= 15 is 0 Å². The largest absolute Gasteiger partial charge is 0.464 e. The van der Waals surface area contributed by atoms with E-state index in [0.29, 0.717) is 36.8 Å². The Labute approximate surface area is 210 Å². The molecule has 2 aromatic heterocycles. The maximum atomic E-state index is 12.2. The number of aromatic nitrogens is 5. The van der Waals surface area contributed by atoms with Gasteiger partial charge < -0.3 is 14.2 Å². The van der Waals surface area contributed by atoms with Crippen molar-refractivity contribution >= 4 is 11.9 Å². The Morgan fingerprint density at radius 2 is 1.78 bits per heavy atom. The Morgan fingerprint density at radius 1 is 1.06 bits per heavy atom. The third-order valence-electron chi connectivity index (χ3n) is 5.77. The van der Waals surface area contributed by atoms with E-state index in [1.165, 1.54) is 18.2 Å². The van der Waals surface area contributed by atoms with Crippen molar-refractivity contribution in [3.8, 4) is 6.07 Å². The van der Waals surface area contributed by atoms with Gasteiger partial charge in [-0.3, -0.25) is 0 Å². The van der Waals surface area contributed by atoms with Gasteiger partial charge in [-0.25, -0.2) is 14.8 Å². The molecule has 0 fully saturated rings. The predicted molar refractivity (Wildman–Crippen MR) is 134 cm³/mol. The van der Waals surface area contributed by atoms with Crippen LogP contribution in [0.4, 0.5) is 5.95 Å². The maximum Gasteiger partial charge on any atom is 0.356 e. The number of carbonyl (C=O) groups excluding carboxylic acids is 1. The highest BCUT2D eigenvalue weighted by atomic mass is 16.5. The van der Waals surface area contributed by atoms with Crippen molar-refractivity contribution in [1.29, 1.82) is 5.26 Å². The molecule has 0 aliphatic rings. The second-order valence-electron chi connectivity index (χ2n) is 8.53. The number of rotatable bonds is 9. The molecule has 4 aromatic rings. The van der Waals surface area contributed by atoms with E-state index in [-0.39, 0.29) is 5.69 Å². The topological polar surface area (TPSA) is 110 Å². The fourth-order valence-electron chi connectivity index (χ4n) is 3.76. The van der Waals surface area contributed by atoms with E-state index in [1.54, 1.807) is 24.5 Å². The Kier molecular flexibility index (Phi) is 7.66. The Hall–Kier alpha value is -4.58. The average Bonchev–Trinajstić information content (AvgIpc) is 3.33. The lowest BCUT2D eigenvalue weighted by atomic mass is 10.1. The summed E-state index contributed by atoms with van der Waals surface area (Å²) in [6.45, 7) is 5.44. The minimum atomic E-state index is -0.510. The van der Waals surface area contributed by atoms with E-state index < -0.39 is 5.97 Å². The van der Waals surface area contributed by atoms with Gasteiger partial charge in [0, 0.05) is 12.2 Å². The molecule has 0 atom stereocenters. The minimum Gasteiger partial charge on any atom is -0.464 e. The molecule has 0 aliphatic carbocycles. The molecule has 0 saturated heterocycles. The fraction of sp³-hybridized carbons (Fsp3) is 0.259. The van der Waals surface area contributed by atoms with Gasteiger partial charge in [0.15, 0.2) is 11.5 Å². The molecule has 9 nitrogen and oxygen atoms in total. The van der Waals surface area contributed by atoms with Crippen LogP contribution in [0.5, 0.6) is 0 Å².